The van der Waals surface area contributed by atoms with E-state index in [-0.39, 0.29) is 22.2 Å². The minimum atomic E-state index is -0.609. The van der Waals surface area contributed by atoms with Gasteiger partial charge >= 0.3 is 0 Å². The summed E-state index contributed by atoms with van der Waals surface area (Å²) in [5.74, 6) is -1.01. The van der Waals surface area contributed by atoms with Crippen LogP contribution in [-0.2, 0) is 9.59 Å². The summed E-state index contributed by atoms with van der Waals surface area (Å²) in [5.41, 5.74) is 0.867. The van der Waals surface area contributed by atoms with Crippen molar-refractivity contribution in [2.75, 3.05) is 11.5 Å². The van der Waals surface area contributed by atoms with Crippen molar-refractivity contribution in [1.29, 1.82) is 0 Å². The minimum absolute atomic E-state index is 0.0173. The molecule has 0 bridgehead atoms. The van der Waals surface area contributed by atoms with Gasteiger partial charge in [0.25, 0.3) is 11.8 Å². The first-order chi connectivity index (χ1) is 13.3. The largest absolute Gasteiger partial charge is 0.503 e. The number of nitrogens with one attached hydrogen (secondary N) is 1. The predicted molar refractivity (Wildman–Crippen MR) is 115 cm³/mol. The number of hydrogen-bond donors (Lipinski definition) is 2. The Bertz CT molecular complexity index is 1010. The molecule has 2 N–H and O–H groups in total. The Morgan fingerprint density at radius 2 is 1.96 bits per heavy atom. The van der Waals surface area contributed by atoms with Crippen LogP contribution in [0.2, 0.25) is 5.02 Å². The fourth-order valence-corrected chi connectivity index (χ4v) is 3.46. The number of carbonyl (C=O) groups is 2. The smallest absolute Gasteiger partial charge is 0.270 e. The fraction of sp³-hybridized carbons (Fsp3) is 0.105. The van der Waals surface area contributed by atoms with Gasteiger partial charge in [-0.3, -0.25) is 19.8 Å². The van der Waals surface area contributed by atoms with Gasteiger partial charge < -0.3 is 9.84 Å². The highest BCUT2D eigenvalue weighted by molar-refractivity contribution is 9.10. The van der Waals surface area contributed by atoms with E-state index in [0.29, 0.717) is 27.4 Å². The Labute approximate surface area is 179 Å². The number of thiocarbonyl (C=S) groups is 1. The standard InChI is InChI=1S/C19H14BrClN2O4S/c1-2-27-15-9-10(8-14(20)16(15)24)7-13-17(25)22-19(28)23(18(13)26)12-5-3-11(21)4-6-12/h3-9,24H,2H2,1H3,(H,22,25,28). The van der Waals surface area contributed by atoms with Crippen LogP contribution in [0.25, 0.3) is 6.08 Å². The molecule has 2 aromatic rings. The van der Waals surface area contributed by atoms with Gasteiger partial charge in [-0.15, -0.1) is 0 Å². The van der Waals surface area contributed by atoms with Crippen molar-refractivity contribution >= 4 is 68.4 Å². The van der Waals surface area contributed by atoms with E-state index < -0.39 is 11.8 Å². The molecule has 0 radical (unpaired) electrons. The molecule has 144 valence electrons. The number of halogens is 2. The third kappa shape index (κ3) is 4.04. The molecule has 6 nitrogen and oxygen atoms in total. The van der Waals surface area contributed by atoms with Crippen molar-refractivity contribution < 1.29 is 19.4 Å². The zero-order valence-electron chi connectivity index (χ0n) is 14.5. The molecule has 2 aromatic carbocycles. The van der Waals surface area contributed by atoms with Crippen LogP contribution in [0.4, 0.5) is 5.69 Å². The Morgan fingerprint density at radius 3 is 2.61 bits per heavy atom. The molecule has 0 aliphatic carbocycles. The van der Waals surface area contributed by atoms with Crippen LogP contribution in [-0.4, -0.2) is 28.6 Å². The van der Waals surface area contributed by atoms with E-state index in [9.17, 15) is 14.7 Å². The second-order valence-electron chi connectivity index (χ2n) is 5.72. The average Bonchev–Trinajstić information content (AvgIpc) is 2.64. The lowest BCUT2D eigenvalue weighted by atomic mass is 10.1. The van der Waals surface area contributed by atoms with Gasteiger partial charge in [0.1, 0.15) is 5.57 Å². The highest BCUT2D eigenvalue weighted by Gasteiger charge is 2.34. The van der Waals surface area contributed by atoms with Gasteiger partial charge in [0.15, 0.2) is 16.6 Å². The predicted octanol–water partition coefficient (Wildman–Crippen LogP) is 4.04. The van der Waals surface area contributed by atoms with Crippen molar-refractivity contribution in [3.05, 3.63) is 57.0 Å². The first-order valence-corrected chi connectivity index (χ1v) is 9.72. The normalized spacial score (nSPS) is 15.8. The number of amides is 2. The highest BCUT2D eigenvalue weighted by Crippen LogP contribution is 2.36. The molecule has 2 amide bonds. The summed E-state index contributed by atoms with van der Waals surface area (Å²) >= 11 is 14.3. The van der Waals surface area contributed by atoms with Crippen molar-refractivity contribution in [3.8, 4) is 11.5 Å². The molecular weight excluding hydrogens is 468 g/mol. The number of hydrogen-bond acceptors (Lipinski definition) is 5. The molecule has 1 heterocycles. The van der Waals surface area contributed by atoms with E-state index in [1.54, 1.807) is 37.3 Å². The second kappa shape index (κ2) is 8.30. The lowest BCUT2D eigenvalue weighted by molar-refractivity contribution is -0.122. The van der Waals surface area contributed by atoms with Crippen molar-refractivity contribution in [3.63, 3.8) is 0 Å². The van der Waals surface area contributed by atoms with Crippen LogP contribution in [0.1, 0.15) is 12.5 Å². The Hall–Kier alpha value is -2.42. The lowest BCUT2D eigenvalue weighted by Crippen LogP contribution is -2.54. The van der Waals surface area contributed by atoms with Crippen LogP contribution in [0.3, 0.4) is 0 Å². The summed E-state index contributed by atoms with van der Waals surface area (Å²) in [4.78, 5) is 26.6. The minimum Gasteiger partial charge on any atom is -0.503 e. The molecule has 28 heavy (non-hydrogen) atoms. The van der Waals surface area contributed by atoms with Gasteiger partial charge in [0.05, 0.1) is 16.8 Å². The number of carbonyl (C=O) groups excluding carboxylic acids is 2. The number of benzene rings is 2. The van der Waals surface area contributed by atoms with Gasteiger partial charge in [0.2, 0.25) is 0 Å². The molecule has 1 aliphatic rings. The third-order valence-electron chi connectivity index (χ3n) is 3.85. The summed E-state index contributed by atoms with van der Waals surface area (Å²) in [7, 11) is 0. The Kier molecular flexibility index (Phi) is 6.02. The third-order valence-corrected chi connectivity index (χ3v) is 4.99. The second-order valence-corrected chi connectivity index (χ2v) is 7.39. The van der Waals surface area contributed by atoms with Crippen LogP contribution in [0.15, 0.2) is 46.4 Å². The van der Waals surface area contributed by atoms with Gasteiger partial charge in [-0.25, -0.2) is 0 Å². The van der Waals surface area contributed by atoms with Crippen molar-refractivity contribution in [1.82, 2.24) is 5.32 Å². The molecule has 1 aliphatic heterocycles. The summed E-state index contributed by atoms with van der Waals surface area (Å²) in [5, 5.41) is 13.0. The van der Waals surface area contributed by atoms with Gasteiger partial charge in [-0.1, -0.05) is 11.6 Å². The number of ether oxygens (including phenoxy) is 1. The first kappa shape index (κ1) is 20.3. The number of nitrogens with zero attached hydrogens (tertiary/aromatic N) is 1. The van der Waals surface area contributed by atoms with E-state index in [0.717, 1.165) is 0 Å². The molecule has 1 saturated heterocycles. The molecule has 9 heteroatoms. The maximum atomic E-state index is 13.0. The van der Waals surface area contributed by atoms with E-state index in [1.807, 2.05) is 0 Å². The van der Waals surface area contributed by atoms with Crippen molar-refractivity contribution in [2.45, 2.75) is 6.92 Å². The maximum absolute atomic E-state index is 13.0. The molecule has 3 rings (SSSR count). The summed E-state index contributed by atoms with van der Waals surface area (Å²) in [6, 6.07) is 9.62. The monoisotopic (exact) mass is 480 g/mol. The summed E-state index contributed by atoms with van der Waals surface area (Å²) in [6.07, 6.45) is 1.41. The fourth-order valence-electron chi connectivity index (χ4n) is 2.59. The lowest BCUT2D eigenvalue weighted by Gasteiger charge is -2.29. The zero-order chi connectivity index (χ0) is 20.4. The van der Waals surface area contributed by atoms with E-state index >= 15 is 0 Å². The van der Waals surface area contributed by atoms with Crippen LogP contribution >= 0.6 is 39.7 Å². The summed E-state index contributed by atoms with van der Waals surface area (Å²) < 4.78 is 5.76. The van der Waals surface area contributed by atoms with Gasteiger partial charge in [-0.05, 0) is 83.1 Å². The van der Waals surface area contributed by atoms with Crippen LogP contribution < -0.4 is 15.0 Å². The Morgan fingerprint density at radius 1 is 1.29 bits per heavy atom. The maximum Gasteiger partial charge on any atom is 0.270 e. The van der Waals surface area contributed by atoms with E-state index in [1.165, 1.54) is 17.0 Å². The van der Waals surface area contributed by atoms with E-state index in [2.05, 4.69) is 21.2 Å². The average molecular weight is 482 g/mol. The zero-order valence-corrected chi connectivity index (χ0v) is 17.7. The number of rotatable bonds is 4. The van der Waals surface area contributed by atoms with Gasteiger partial charge in [-0.2, -0.15) is 0 Å². The number of aromatic hydroxyl groups is 1. The van der Waals surface area contributed by atoms with Crippen LogP contribution in [0.5, 0.6) is 11.5 Å². The topological polar surface area (TPSA) is 78.9 Å². The molecule has 0 unspecified atom stereocenters. The molecule has 0 saturated carbocycles. The molecular formula is C19H14BrClN2O4S. The molecule has 0 aromatic heterocycles. The highest BCUT2D eigenvalue weighted by atomic mass is 79.9. The number of phenolic OH excluding ortho intramolecular Hbond substituents is 1. The SMILES string of the molecule is CCOc1cc(C=C2C(=O)NC(=S)N(c3ccc(Cl)cc3)C2=O)cc(Br)c1O. The van der Waals surface area contributed by atoms with Gasteiger partial charge in [0, 0.05) is 5.02 Å². The first-order valence-electron chi connectivity index (χ1n) is 8.14. The Balaban J connectivity index is 2.03. The van der Waals surface area contributed by atoms with Crippen molar-refractivity contribution in [2.24, 2.45) is 0 Å². The summed E-state index contributed by atoms with van der Waals surface area (Å²) in [6.45, 7) is 2.12. The van der Waals surface area contributed by atoms with Crippen LogP contribution in [0, 0.1) is 0 Å². The molecule has 1 fully saturated rings. The number of anilines is 1. The quantitative estimate of drug-likeness (QED) is 0.391. The number of phenols is 1. The molecule has 0 spiro atoms. The van der Waals surface area contributed by atoms with E-state index in [4.69, 9.17) is 28.6 Å². The molecule has 0 atom stereocenters.